The van der Waals surface area contributed by atoms with E-state index in [1.165, 1.54) is 48.2 Å². The topological polar surface area (TPSA) is 58.6 Å². The zero-order chi connectivity index (χ0) is 24.9. The van der Waals surface area contributed by atoms with E-state index in [0.717, 1.165) is 30.4 Å². The van der Waals surface area contributed by atoms with Crippen molar-refractivity contribution in [3.05, 3.63) is 70.4 Å². The average Bonchev–Trinajstić information content (AvgIpc) is 3.10. The second kappa shape index (κ2) is 9.30. The van der Waals surface area contributed by atoms with Gasteiger partial charge in [0.25, 0.3) is 5.91 Å². The molecule has 5 aliphatic rings. The summed E-state index contributed by atoms with van der Waals surface area (Å²) < 4.78 is 19.3. The van der Waals surface area contributed by atoms with E-state index < -0.39 is 0 Å². The number of hydrogen-bond donors (Lipinski definition) is 1. The molecular formula is C28H27FN2O3S2. The van der Waals surface area contributed by atoms with Crippen LogP contribution in [0.3, 0.4) is 0 Å². The highest BCUT2D eigenvalue weighted by atomic mass is 32.2. The third-order valence-corrected chi connectivity index (χ3v) is 9.30. The van der Waals surface area contributed by atoms with Gasteiger partial charge in [0.1, 0.15) is 18.2 Å². The predicted octanol–water partition coefficient (Wildman–Crippen LogP) is 5.85. The number of hydrazine groups is 1. The summed E-state index contributed by atoms with van der Waals surface area (Å²) in [4.78, 5) is 27.1. The molecule has 8 heteroatoms. The largest absolute Gasteiger partial charge is 0.489 e. The number of amides is 2. The standard InChI is InChI=1S/C28H27FN2O3S2/c29-22-6-4-17(5-7-22)16-34-23-3-1-2-18(11-23)12-24-25(32)31(27(35)36-24)30-26(33)28-13-19-8-20(14-28)10-21(9-19)15-28/h1-7,11-12,19-21H,8-10,13-16H2,(H,30,33)/b24-12+. The Balaban J connectivity index is 1.12. The Morgan fingerprint density at radius 2 is 1.78 bits per heavy atom. The third kappa shape index (κ3) is 4.57. The highest BCUT2D eigenvalue weighted by Gasteiger charge is 2.55. The minimum absolute atomic E-state index is 0.0460. The lowest BCUT2D eigenvalue weighted by Gasteiger charge is -2.55. The lowest BCUT2D eigenvalue weighted by molar-refractivity contribution is -0.152. The Bertz CT molecular complexity index is 1220. The van der Waals surface area contributed by atoms with E-state index in [2.05, 4.69) is 5.43 Å². The predicted molar refractivity (Wildman–Crippen MR) is 141 cm³/mol. The second-order valence-electron chi connectivity index (χ2n) is 10.6. The molecule has 1 aliphatic heterocycles. The van der Waals surface area contributed by atoms with E-state index in [0.29, 0.717) is 39.3 Å². The van der Waals surface area contributed by atoms with Crippen LogP contribution in [0.5, 0.6) is 5.75 Å². The van der Waals surface area contributed by atoms with E-state index >= 15 is 0 Å². The molecule has 0 unspecified atom stereocenters. The number of thioether (sulfide) groups is 1. The van der Waals surface area contributed by atoms with Gasteiger partial charge >= 0.3 is 0 Å². The Kier molecular flexibility index (Phi) is 6.12. The van der Waals surface area contributed by atoms with E-state index in [1.54, 1.807) is 18.2 Å². The number of carbonyl (C=O) groups excluding carboxylic acids is 2. The fourth-order valence-corrected chi connectivity index (χ4v) is 7.95. The number of hydrogen-bond acceptors (Lipinski definition) is 5. The lowest BCUT2D eigenvalue weighted by Crippen LogP contribution is -2.57. The van der Waals surface area contributed by atoms with Crippen molar-refractivity contribution in [2.75, 3.05) is 0 Å². The summed E-state index contributed by atoms with van der Waals surface area (Å²) in [5.74, 6) is 1.93. The fraction of sp³-hybridized carbons (Fsp3) is 0.393. The van der Waals surface area contributed by atoms with Crippen LogP contribution in [0.2, 0.25) is 0 Å². The number of thiocarbonyl (C=S) groups is 1. The molecule has 4 bridgehead atoms. The monoisotopic (exact) mass is 522 g/mol. The second-order valence-corrected chi connectivity index (χ2v) is 12.3. The number of nitrogens with one attached hydrogen (secondary N) is 1. The van der Waals surface area contributed by atoms with Crippen molar-refractivity contribution in [1.82, 2.24) is 10.4 Å². The van der Waals surface area contributed by atoms with Gasteiger partial charge in [-0.25, -0.2) is 4.39 Å². The van der Waals surface area contributed by atoms with Crippen LogP contribution in [0, 0.1) is 29.0 Å². The van der Waals surface area contributed by atoms with Crippen molar-refractivity contribution < 1.29 is 18.7 Å². The van der Waals surface area contributed by atoms with Gasteiger partial charge in [0.15, 0.2) is 4.32 Å². The molecular weight excluding hydrogens is 495 g/mol. The summed E-state index contributed by atoms with van der Waals surface area (Å²) in [6.45, 7) is 0.308. The maximum atomic E-state index is 13.4. The summed E-state index contributed by atoms with van der Waals surface area (Å²) in [6, 6.07) is 13.6. The first-order chi connectivity index (χ1) is 17.4. The van der Waals surface area contributed by atoms with Gasteiger partial charge in [-0.15, -0.1) is 0 Å². The maximum absolute atomic E-state index is 13.4. The quantitative estimate of drug-likeness (QED) is 0.381. The van der Waals surface area contributed by atoms with Gasteiger partial charge < -0.3 is 4.74 Å². The lowest BCUT2D eigenvalue weighted by atomic mass is 9.49. The molecule has 1 saturated heterocycles. The molecule has 4 saturated carbocycles. The first-order valence-electron chi connectivity index (χ1n) is 12.4. The summed E-state index contributed by atoms with van der Waals surface area (Å²) in [7, 11) is 0. The molecule has 2 aromatic rings. The molecule has 0 radical (unpaired) electrons. The Labute approximate surface area is 219 Å². The summed E-state index contributed by atoms with van der Waals surface area (Å²) in [5.41, 5.74) is 4.20. The highest BCUT2D eigenvalue weighted by molar-refractivity contribution is 8.26. The minimum atomic E-state index is -0.349. The minimum Gasteiger partial charge on any atom is -0.489 e. The van der Waals surface area contributed by atoms with Crippen molar-refractivity contribution in [1.29, 1.82) is 0 Å². The zero-order valence-electron chi connectivity index (χ0n) is 19.7. The number of carbonyl (C=O) groups is 2. The molecule has 1 N–H and O–H groups in total. The van der Waals surface area contributed by atoms with Crippen LogP contribution in [0.15, 0.2) is 53.4 Å². The van der Waals surface area contributed by atoms with E-state index in [1.807, 2.05) is 24.3 Å². The summed E-state index contributed by atoms with van der Waals surface area (Å²) in [5, 5.41) is 1.25. The molecule has 7 rings (SSSR count). The zero-order valence-corrected chi connectivity index (χ0v) is 21.4. The van der Waals surface area contributed by atoms with Crippen molar-refractivity contribution in [3.8, 4) is 5.75 Å². The van der Waals surface area contributed by atoms with Crippen molar-refractivity contribution in [3.63, 3.8) is 0 Å². The summed E-state index contributed by atoms with van der Waals surface area (Å²) >= 11 is 6.66. The SMILES string of the molecule is O=C1/C(=C\c2cccc(OCc3ccc(F)cc3)c2)SC(=S)N1NC(=O)C12CC3CC(CC(C3)C1)C2. The first kappa shape index (κ1) is 23.7. The van der Waals surface area contributed by atoms with Gasteiger partial charge in [-0.3, -0.25) is 15.0 Å². The molecule has 186 valence electrons. The van der Waals surface area contributed by atoms with Gasteiger partial charge in [-0.1, -0.05) is 36.0 Å². The molecule has 0 spiro atoms. The van der Waals surface area contributed by atoms with E-state index in [9.17, 15) is 14.0 Å². The number of ether oxygens (including phenoxy) is 1. The maximum Gasteiger partial charge on any atom is 0.285 e. The van der Waals surface area contributed by atoms with Gasteiger partial charge in [-0.2, -0.15) is 5.01 Å². The molecule has 4 aliphatic carbocycles. The number of benzene rings is 2. The first-order valence-corrected chi connectivity index (χ1v) is 13.7. The molecule has 36 heavy (non-hydrogen) atoms. The Morgan fingerprint density at radius 3 is 2.44 bits per heavy atom. The number of nitrogens with zero attached hydrogens (tertiary/aromatic N) is 1. The van der Waals surface area contributed by atoms with Crippen LogP contribution in [0.25, 0.3) is 6.08 Å². The van der Waals surface area contributed by atoms with E-state index in [-0.39, 0.29) is 23.0 Å². The van der Waals surface area contributed by atoms with Gasteiger partial charge in [0.2, 0.25) is 5.91 Å². The van der Waals surface area contributed by atoms with Crippen molar-refractivity contribution in [2.45, 2.75) is 45.1 Å². The van der Waals surface area contributed by atoms with Crippen LogP contribution in [0.1, 0.15) is 49.7 Å². The van der Waals surface area contributed by atoms with Crippen LogP contribution in [0.4, 0.5) is 4.39 Å². The van der Waals surface area contributed by atoms with Crippen LogP contribution < -0.4 is 10.2 Å². The summed E-state index contributed by atoms with van der Waals surface area (Å²) in [6.07, 6.45) is 8.32. The molecule has 1 heterocycles. The van der Waals surface area contributed by atoms with Crippen LogP contribution in [-0.4, -0.2) is 21.1 Å². The number of halogens is 1. The van der Waals surface area contributed by atoms with Crippen LogP contribution >= 0.6 is 24.0 Å². The van der Waals surface area contributed by atoms with Gasteiger partial charge in [0.05, 0.1) is 10.3 Å². The third-order valence-electron chi connectivity index (χ3n) is 8.00. The van der Waals surface area contributed by atoms with Crippen LogP contribution in [-0.2, 0) is 16.2 Å². The molecule has 2 aromatic carbocycles. The molecule has 0 aromatic heterocycles. The van der Waals surface area contributed by atoms with Crippen molar-refractivity contribution in [2.24, 2.45) is 23.2 Å². The van der Waals surface area contributed by atoms with Gasteiger partial charge in [0, 0.05) is 0 Å². The van der Waals surface area contributed by atoms with E-state index in [4.69, 9.17) is 17.0 Å². The van der Waals surface area contributed by atoms with Crippen molar-refractivity contribution >= 4 is 46.2 Å². The molecule has 5 nitrogen and oxygen atoms in total. The number of rotatable bonds is 6. The molecule has 0 atom stereocenters. The Morgan fingerprint density at radius 1 is 1.11 bits per heavy atom. The average molecular weight is 523 g/mol. The normalized spacial score (nSPS) is 29.8. The van der Waals surface area contributed by atoms with Gasteiger partial charge in [-0.05, 0) is 110 Å². The Hall–Kier alpha value is -2.71. The smallest absolute Gasteiger partial charge is 0.285 e. The molecule has 5 fully saturated rings. The highest BCUT2D eigenvalue weighted by Crippen LogP contribution is 2.60. The fourth-order valence-electron chi connectivity index (χ4n) is 6.77. The molecule has 2 amide bonds.